The predicted molar refractivity (Wildman–Crippen MR) is 100 cm³/mol. The average Bonchev–Trinajstić information content (AvgIpc) is 3.27. The number of fused-ring (bicyclic) bond motifs is 1. The SMILES string of the molecule is COc1ccc2[nH]cc(C3(C(=O)Nc4cc(C)cc(C)c4)CC3)c2c1. The Bertz CT molecular complexity index is 947. The number of H-pyrrole nitrogens is 1. The van der Waals surface area contributed by atoms with Gasteiger partial charge in [-0.05, 0) is 73.7 Å². The van der Waals surface area contributed by atoms with Crippen molar-refractivity contribution in [3.05, 3.63) is 59.3 Å². The number of aromatic amines is 1. The molecule has 1 fully saturated rings. The van der Waals surface area contributed by atoms with Gasteiger partial charge >= 0.3 is 0 Å². The van der Waals surface area contributed by atoms with E-state index in [1.165, 1.54) is 0 Å². The molecule has 1 aliphatic carbocycles. The second kappa shape index (κ2) is 5.66. The first-order valence-corrected chi connectivity index (χ1v) is 8.57. The van der Waals surface area contributed by atoms with E-state index in [1.807, 2.05) is 50.4 Å². The highest BCUT2D eigenvalue weighted by Crippen LogP contribution is 2.51. The second-order valence-electron chi connectivity index (χ2n) is 7.03. The van der Waals surface area contributed by atoms with Crippen LogP contribution in [0.4, 0.5) is 5.69 Å². The summed E-state index contributed by atoms with van der Waals surface area (Å²) in [4.78, 5) is 16.3. The van der Waals surface area contributed by atoms with Crippen LogP contribution in [-0.2, 0) is 10.2 Å². The van der Waals surface area contributed by atoms with E-state index in [0.717, 1.165) is 51.9 Å². The van der Waals surface area contributed by atoms with Gasteiger partial charge in [-0.2, -0.15) is 0 Å². The van der Waals surface area contributed by atoms with Crippen molar-refractivity contribution in [2.24, 2.45) is 0 Å². The van der Waals surface area contributed by atoms with E-state index in [-0.39, 0.29) is 5.91 Å². The molecule has 0 atom stereocenters. The fourth-order valence-corrected chi connectivity index (χ4v) is 3.66. The molecule has 0 radical (unpaired) electrons. The molecule has 0 bridgehead atoms. The summed E-state index contributed by atoms with van der Waals surface area (Å²) in [5.74, 6) is 0.875. The molecule has 2 aromatic carbocycles. The van der Waals surface area contributed by atoms with E-state index in [2.05, 4.69) is 16.4 Å². The average molecular weight is 334 g/mol. The summed E-state index contributed by atoms with van der Waals surface area (Å²) >= 11 is 0. The Balaban J connectivity index is 1.69. The maximum atomic E-state index is 13.1. The minimum Gasteiger partial charge on any atom is -0.497 e. The molecule has 3 aromatic rings. The van der Waals surface area contributed by atoms with Crippen molar-refractivity contribution in [1.82, 2.24) is 4.98 Å². The molecule has 0 saturated heterocycles. The first-order valence-electron chi connectivity index (χ1n) is 8.57. The van der Waals surface area contributed by atoms with Crippen molar-refractivity contribution >= 4 is 22.5 Å². The van der Waals surface area contributed by atoms with E-state index in [4.69, 9.17) is 4.74 Å². The Kier molecular flexibility index (Phi) is 3.57. The number of carbonyl (C=O) groups excluding carboxylic acids is 1. The van der Waals surface area contributed by atoms with E-state index in [1.54, 1.807) is 7.11 Å². The van der Waals surface area contributed by atoms with Gasteiger partial charge in [0.05, 0.1) is 12.5 Å². The number of nitrogens with one attached hydrogen (secondary N) is 2. The lowest BCUT2D eigenvalue weighted by Crippen LogP contribution is -2.27. The molecular weight excluding hydrogens is 312 g/mol. The van der Waals surface area contributed by atoms with Crippen molar-refractivity contribution in [3.8, 4) is 5.75 Å². The zero-order valence-corrected chi connectivity index (χ0v) is 14.8. The standard InChI is InChI=1S/C21H22N2O2/c1-13-8-14(2)10-15(9-13)23-20(24)21(6-7-21)18-12-22-19-5-4-16(25-3)11-17(18)19/h4-5,8-12,22H,6-7H2,1-3H3,(H,23,24). The lowest BCUT2D eigenvalue weighted by atomic mass is 9.94. The topological polar surface area (TPSA) is 54.1 Å². The molecular formula is C21H22N2O2. The van der Waals surface area contributed by atoms with Gasteiger partial charge < -0.3 is 15.0 Å². The van der Waals surface area contributed by atoms with Gasteiger partial charge in [0.2, 0.25) is 5.91 Å². The number of benzene rings is 2. The number of anilines is 1. The molecule has 1 aromatic heterocycles. The smallest absolute Gasteiger partial charge is 0.235 e. The minimum atomic E-state index is -0.442. The van der Waals surface area contributed by atoms with Gasteiger partial charge in [-0.25, -0.2) is 0 Å². The van der Waals surface area contributed by atoms with Crippen LogP contribution in [-0.4, -0.2) is 18.0 Å². The van der Waals surface area contributed by atoms with Crippen molar-refractivity contribution < 1.29 is 9.53 Å². The van der Waals surface area contributed by atoms with E-state index in [9.17, 15) is 4.79 Å². The zero-order chi connectivity index (χ0) is 17.6. The summed E-state index contributed by atoms with van der Waals surface area (Å²) < 4.78 is 5.35. The number of hydrogen-bond acceptors (Lipinski definition) is 2. The quantitative estimate of drug-likeness (QED) is 0.740. The van der Waals surface area contributed by atoms with Crippen LogP contribution in [0.3, 0.4) is 0 Å². The van der Waals surface area contributed by atoms with Gasteiger partial charge in [-0.3, -0.25) is 4.79 Å². The molecule has 0 aliphatic heterocycles. The summed E-state index contributed by atoms with van der Waals surface area (Å²) in [7, 11) is 1.66. The van der Waals surface area contributed by atoms with Crippen LogP contribution >= 0.6 is 0 Å². The molecule has 4 heteroatoms. The highest BCUT2D eigenvalue weighted by molar-refractivity contribution is 6.04. The third kappa shape index (κ3) is 2.68. The van der Waals surface area contributed by atoms with Gasteiger partial charge in [0.1, 0.15) is 5.75 Å². The Hall–Kier alpha value is -2.75. The van der Waals surface area contributed by atoms with Crippen LogP contribution in [0, 0.1) is 13.8 Å². The number of rotatable bonds is 4. The van der Waals surface area contributed by atoms with Crippen LogP contribution in [0.25, 0.3) is 10.9 Å². The molecule has 25 heavy (non-hydrogen) atoms. The van der Waals surface area contributed by atoms with Gasteiger partial charge in [0.25, 0.3) is 0 Å². The first kappa shape index (κ1) is 15.8. The monoisotopic (exact) mass is 334 g/mol. The summed E-state index contributed by atoms with van der Waals surface area (Å²) in [6.45, 7) is 4.09. The summed E-state index contributed by atoms with van der Waals surface area (Å²) in [5.41, 5.74) is 4.81. The van der Waals surface area contributed by atoms with Gasteiger partial charge in [0, 0.05) is 22.8 Å². The lowest BCUT2D eigenvalue weighted by molar-refractivity contribution is -0.118. The fourth-order valence-electron chi connectivity index (χ4n) is 3.66. The Labute approximate surface area is 147 Å². The normalized spacial score (nSPS) is 15.2. The molecule has 2 N–H and O–H groups in total. The number of aryl methyl sites for hydroxylation is 2. The zero-order valence-electron chi connectivity index (χ0n) is 14.8. The number of hydrogen-bond donors (Lipinski definition) is 2. The maximum Gasteiger partial charge on any atom is 0.235 e. The number of aromatic nitrogens is 1. The van der Waals surface area contributed by atoms with Gasteiger partial charge in [0.15, 0.2) is 0 Å². The maximum absolute atomic E-state index is 13.1. The van der Waals surface area contributed by atoms with Gasteiger partial charge in [-0.15, -0.1) is 0 Å². The van der Waals surface area contributed by atoms with Crippen LogP contribution in [0.1, 0.15) is 29.5 Å². The molecule has 1 heterocycles. The molecule has 1 saturated carbocycles. The predicted octanol–water partition coefficient (Wildman–Crippen LogP) is 4.46. The number of methoxy groups -OCH3 is 1. The summed E-state index contributed by atoms with van der Waals surface area (Å²) in [6, 6.07) is 12.1. The highest BCUT2D eigenvalue weighted by atomic mass is 16.5. The number of amides is 1. The highest BCUT2D eigenvalue weighted by Gasteiger charge is 2.52. The Morgan fingerprint density at radius 3 is 2.48 bits per heavy atom. The minimum absolute atomic E-state index is 0.0706. The fraction of sp³-hybridized carbons (Fsp3) is 0.286. The lowest BCUT2D eigenvalue weighted by Gasteiger charge is -2.16. The van der Waals surface area contributed by atoms with Gasteiger partial charge in [-0.1, -0.05) is 6.07 Å². The van der Waals surface area contributed by atoms with Crippen molar-refractivity contribution in [1.29, 1.82) is 0 Å². The van der Waals surface area contributed by atoms with E-state index >= 15 is 0 Å². The van der Waals surface area contributed by atoms with Crippen molar-refractivity contribution in [2.75, 3.05) is 12.4 Å². The third-order valence-electron chi connectivity index (χ3n) is 5.07. The number of carbonyl (C=O) groups is 1. The Morgan fingerprint density at radius 2 is 1.84 bits per heavy atom. The molecule has 128 valence electrons. The van der Waals surface area contributed by atoms with Crippen LogP contribution in [0.15, 0.2) is 42.6 Å². The summed E-state index contributed by atoms with van der Waals surface area (Å²) in [6.07, 6.45) is 3.71. The Morgan fingerprint density at radius 1 is 1.12 bits per heavy atom. The molecule has 1 amide bonds. The van der Waals surface area contributed by atoms with Crippen molar-refractivity contribution in [2.45, 2.75) is 32.1 Å². The van der Waals surface area contributed by atoms with Crippen LogP contribution < -0.4 is 10.1 Å². The van der Waals surface area contributed by atoms with E-state index in [0.29, 0.717) is 0 Å². The molecule has 4 nitrogen and oxygen atoms in total. The summed E-state index contributed by atoms with van der Waals surface area (Å²) in [5, 5.41) is 4.19. The van der Waals surface area contributed by atoms with Crippen LogP contribution in [0.5, 0.6) is 5.75 Å². The molecule has 4 rings (SSSR count). The number of ether oxygens (including phenoxy) is 1. The van der Waals surface area contributed by atoms with Crippen LogP contribution in [0.2, 0.25) is 0 Å². The third-order valence-corrected chi connectivity index (χ3v) is 5.07. The molecule has 0 unspecified atom stereocenters. The van der Waals surface area contributed by atoms with E-state index < -0.39 is 5.41 Å². The molecule has 0 spiro atoms. The molecule has 1 aliphatic rings. The largest absolute Gasteiger partial charge is 0.497 e. The first-order chi connectivity index (χ1) is 12.0. The van der Waals surface area contributed by atoms with Crippen molar-refractivity contribution in [3.63, 3.8) is 0 Å². The second-order valence-corrected chi connectivity index (χ2v) is 7.03.